The topological polar surface area (TPSA) is 43.9 Å². The Balaban J connectivity index is 1.28. The van der Waals surface area contributed by atoms with Gasteiger partial charge in [0.1, 0.15) is 16.8 Å². The Morgan fingerprint density at radius 2 is 1.00 bits per heavy atom. The van der Waals surface area contributed by atoms with Crippen LogP contribution in [0.3, 0.4) is 0 Å². The van der Waals surface area contributed by atoms with Crippen LogP contribution in [0.15, 0.2) is 168 Å². The van der Waals surface area contributed by atoms with Crippen LogP contribution in [0.25, 0.3) is 115 Å². The standard InChI is InChI=1S/C48H27N3O/c1-2-12-29-25-32(22-21-28(29)11-1)45-47-46(38-19-9-10-20-42(38)52-47)50-48(49-45)51-40-24-23-37-35-17-6-5-15-33(35)34-16-7-8-18-36(34)43(37)44(40)39-26-30-13-3-4-14-31(30)27-41(39)51/h1-27H. The first-order valence-corrected chi connectivity index (χ1v) is 17.7. The van der Waals surface area contributed by atoms with Crippen LogP contribution in [0.2, 0.25) is 0 Å². The summed E-state index contributed by atoms with van der Waals surface area (Å²) in [5.41, 5.74) is 6.18. The van der Waals surface area contributed by atoms with Crippen molar-refractivity contribution in [2.24, 2.45) is 0 Å². The third-order valence-electron chi connectivity index (χ3n) is 10.9. The fourth-order valence-electron chi connectivity index (χ4n) is 8.61. The first-order chi connectivity index (χ1) is 25.8. The summed E-state index contributed by atoms with van der Waals surface area (Å²) in [5, 5.41) is 15.5. The highest BCUT2D eigenvalue weighted by molar-refractivity contribution is 6.35. The van der Waals surface area contributed by atoms with Crippen molar-refractivity contribution in [3.05, 3.63) is 164 Å². The van der Waals surface area contributed by atoms with Crippen molar-refractivity contribution in [1.82, 2.24) is 14.5 Å². The SMILES string of the molecule is c1ccc2cc(-c3nc(-n4c5cc6ccccc6cc5c5c6c7ccccc7c7ccccc7c6ccc54)nc4c3oc3ccccc34)ccc2c1. The molecule has 0 radical (unpaired) electrons. The molecule has 0 saturated heterocycles. The number of rotatable bonds is 2. The van der Waals surface area contributed by atoms with Crippen LogP contribution in [-0.4, -0.2) is 14.5 Å². The van der Waals surface area contributed by atoms with Crippen LogP contribution in [0, 0.1) is 0 Å². The molecule has 0 saturated carbocycles. The third-order valence-corrected chi connectivity index (χ3v) is 10.9. The van der Waals surface area contributed by atoms with Crippen LogP contribution in [0.5, 0.6) is 0 Å². The molecule has 52 heavy (non-hydrogen) atoms. The second-order valence-electron chi connectivity index (χ2n) is 13.7. The highest BCUT2D eigenvalue weighted by Gasteiger charge is 2.23. The maximum Gasteiger partial charge on any atom is 0.236 e. The highest BCUT2D eigenvalue weighted by atomic mass is 16.3. The summed E-state index contributed by atoms with van der Waals surface area (Å²) in [5.74, 6) is 0.613. The second-order valence-corrected chi connectivity index (χ2v) is 13.7. The Kier molecular flexibility index (Phi) is 5.47. The van der Waals surface area contributed by atoms with Gasteiger partial charge in [-0.15, -0.1) is 0 Å². The van der Waals surface area contributed by atoms with E-state index >= 15 is 0 Å². The molecule has 4 nitrogen and oxygen atoms in total. The Morgan fingerprint density at radius 3 is 1.77 bits per heavy atom. The molecule has 3 heterocycles. The van der Waals surface area contributed by atoms with Gasteiger partial charge in [0.2, 0.25) is 5.95 Å². The average Bonchev–Trinajstić information content (AvgIpc) is 3.74. The lowest BCUT2D eigenvalue weighted by Gasteiger charge is -2.13. The van der Waals surface area contributed by atoms with E-state index in [1.165, 1.54) is 59.2 Å². The maximum absolute atomic E-state index is 6.57. The lowest BCUT2D eigenvalue weighted by molar-refractivity contribution is 0.666. The molecule has 0 fully saturated rings. The maximum atomic E-state index is 6.57. The minimum atomic E-state index is 0.613. The van der Waals surface area contributed by atoms with Gasteiger partial charge in [-0.25, -0.2) is 9.97 Å². The molecule has 3 aromatic heterocycles. The molecule has 4 heteroatoms. The van der Waals surface area contributed by atoms with Gasteiger partial charge in [-0.2, -0.15) is 0 Å². The molecule has 0 N–H and O–H groups in total. The number of fused-ring (bicyclic) bond motifs is 15. The van der Waals surface area contributed by atoms with Gasteiger partial charge in [-0.3, -0.25) is 4.57 Å². The van der Waals surface area contributed by atoms with E-state index in [4.69, 9.17) is 14.4 Å². The Hall–Kier alpha value is -7.04. The van der Waals surface area contributed by atoms with E-state index in [1.54, 1.807) is 0 Å². The van der Waals surface area contributed by atoms with Crippen molar-refractivity contribution >= 4 is 97.7 Å². The van der Waals surface area contributed by atoms with Crippen LogP contribution < -0.4 is 0 Å². The largest absolute Gasteiger partial charge is 0.452 e. The number of benzene rings is 9. The van der Waals surface area contributed by atoms with E-state index in [0.717, 1.165) is 44.2 Å². The molecule has 240 valence electrons. The number of nitrogens with zero attached hydrogens (tertiary/aromatic N) is 3. The normalized spacial score (nSPS) is 12.2. The van der Waals surface area contributed by atoms with Crippen molar-refractivity contribution < 1.29 is 4.42 Å². The van der Waals surface area contributed by atoms with Gasteiger partial charge in [0, 0.05) is 27.1 Å². The summed E-state index contributed by atoms with van der Waals surface area (Å²) in [6.45, 7) is 0. The summed E-state index contributed by atoms with van der Waals surface area (Å²) < 4.78 is 8.84. The van der Waals surface area contributed by atoms with Gasteiger partial charge in [0.25, 0.3) is 0 Å². The summed E-state index contributed by atoms with van der Waals surface area (Å²) in [6, 6.07) is 58.5. The third kappa shape index (κ3) is 3.75. The fourth-order valence-corrected chi connectivity index (χ4v) is 8.61. The molecule has 9 aromatic carbocycles. The van der Waals surface area contributed by atoms with E-state index in [2.05, 4.69) is 150 Å². The summed E-state index contributed by atoms with van der Waals surface area (Å²) in [7, 11) is 0. The van der Waals surface area contributed by atoms with Gasteiger partial charge in [-0.1, -0.05) is 127 Å². The highest BCUT2D eigenvalue weighted by Crippen LogP contribution is 2.45. The number of para-hydroxylation sites is 1. The van der Waals surface area contributed by atoms with Crippen LogP contribution in [-0.2, 0) is 0 Å². The van der Waals surface area contributed by atoms with E-state index in [9.17, 15) is 0 Å². The van der Waals surface area contributed by atoms with Gasteiger partial charge in [-0.05, 0) is 84.9 Å². The Bertz CT molecular complexity index is 3440. The van der Waals surface area contributed by atoms with Crippen LogP contribution in [0.4, 0.5) is 0 Å². The molecule has 0 amide bonds. The molecule has 12 aromatic rings. The molecular weight excluding hydrogens is 635 g/mol. The molecule has 0 bridgehead atoms. The van der Waals surface area contributed by atoms with Gasteiger partial charge in [0.05, 0.1) is 11.0 Å². The number of furan rings is 1. The molecule has 0 aliphatic rings. The fraction of sp³-hybridized carbons (Fsp3) is 0. The lowest BCUT2D eigenvalue weighted by atomic mass is 9.91. The quantitative estimate of drug-likeness (QED) is 0.173. The zero-order valence-corrected chi connectivity index (χ0v) is 27.8. The molecule has 12 rings (SSSR count). The summed E-state index contributed by atoms with van der Waals surface area (Å²) >= 11 is 0. The van der Waals surface area contributed by atoms with Crippen molar-refractivity contribution in [3.8, 4) is 17.2 Å². The van der Waals surface area contributed by atoms with E-state index in [1.807, 2.05) is 18.2 Å². The first-order valence-electron chi connectivity index (χ1n) is 17.7. The second kappa shape index (κ2) is 10.3. The number of hydrogen-bond donors (Lipinski definition) is 0. The first kappa shape index (κ1) is 27.7. The molecule has 0 aliphatic heterocycles. The minimum absolute atomic E-state index is 0.613. The zero-order valence-electron chi connectivity index (χ0n) is 27.8. The summed E-state index contributed by atoms with van der Waals surface area (Å²) in [4.78, 5) is 10.8. The molecule has 0 aliphatic carbocycles. The molecule has 0 atom stereocenters. The van der Waals surface area contributed by atoms with E-state index in [-0.39, 0.29) is 0 Å². The van der Waals surface area contributed by atoms with E-state index in [0.29, 0.717) is 11.5 Å². The smallest absolute Gasteiger partial charge is 0.236 e. The van der Waals surface area contributed by atoms with Gasteiger partial charge < -0.3 is 4.42 Å². The minimum Gasteiger partial charge on any atom is -0.452 e. The number of hydrogen-bond acceptors (Lipinski definition) is 3. The van der Waals surface area contributed by atoms with Crippen LogP contribution in [0.1, 0.15) is 0 Å². The van der Waals surface area contributed by atoms with Crippen molar-refractivity contribution in [3.63, 3.8) is 0 Å². The number of aromatic nitrogens is 3. The van der Waals surface area contributed by atoms with Crippen LogP contribution >= 0.6 is 0 Å². The lowest BCUT2D eigenvalue weighted by Crippen LogP contribution is -2.03. The van der Waals surface area contributed by atoms with Crippen molar-refractivity contribution in [2.45, 2.75) is 0 Å². The molecule has 0 spiro atoms. The Morgan fingerprint density at radius 1 is 0.404 bits per heavy atom. The summed E-state index contributed by atoms with van der Waals surface area (Å²) in [6.07, 6.45) is 0. The van der Waals surface area contributed by atoms with Crippen molar-refractivity contribution in [1.29, 1.82) is 0 Å². The predicted molar refractivity (Wildman–Crippen MR) is 217 cm³/mol. The van der Waals surface area contributed by atoms with Crippen molar-refractivity contribution in [2.75, 3.05) is 0 Å². The Labute approximate surface area is 296 Å². The predicted octanol–water partition coefficient (Wildman–Crippen LogP) is 12.9. The monoisotopic (exact) mass is 661 g/mol. The molecule has 0 unspecified atom stereocenters. The van der Waals surface area contributed by atoms with E-state index < -0.39 is 0 Å². The van der Waals surface area contributed by atoms with Gasteiger partial charge >= 0.3 is 0 Å². The zero-order chi connectivity index (χ0) is 33.9. The molecular formula is C48H27N3O. The van der Waals surface area contributed by atoms with Gasteiger partial charge in [0.15, 0.2) is 5.58 Å². The average molecular weight is 662 g/mol.